The van der Waals surface area contributed by atoms with Crippen molar-refractivity contribution >= 4 is 10.8 Å². The molecule has 0 aromatic carbocycles. The number of hydrogen-bond acceptors (Lipinski definition) is 2. The van der Waals surface area contributed by atoms with E-state index in [0.717, 1.165) is 0 Å². The summed E-state index contributed by atoms with van der Waals surface area (Å²) in [5.74, 6) is 0. The van der Waals surface area contributed by atoms with Crippen LogP contribution in [0.2, 0.25) is 0 Å². The van der Waals surface area contributed by atoms with Crippen LogP contribution in [0.3, 0.4) is 0 Å². The Morgan fingerprint density at radius 3 is 1.50 bits per heavy atom. The fourth-order valence-corrected chi connectivity index (χ4v) is 0. The summed E-state index contributed by atoms with van der Waals surface area (Å²) in [6, 6.07) is 0. The zero-order valence-electron chi connectivity index (χ0n) is 5.60. The Morgan fingerprint density at radius 2 is 1.50 bits per heavy atom. The summed E-state index contributed by atoms with van der Waals surface area (Å²) >= 11 is 0. The minimum Gasteiger partial charge on any atom is -0.387 e. The number of aliphatic hydroxyl groups excluding tert-OH is 1. The molecule has 10 heavy (non-hydrogen) atoms. The molecule has 0 radical (unpaired) electrons. The Kier molecular flexibility index (Phi) is 7.12. The molecule has 0 aromatic heterocycles. The minimum absolute atomic E-state index is 0.611. The topological polar surface area (TPSA) is 37.3 Å². The van der Waals surface area contributed by atoms with E-state index in [0.29, 0.717) is 0 Å². The summed E-state index contributed by atoms with van der Waals surface area (Å²) in [4.78, 5) is 0. The van der Waals surface area contributed by atoms with Crippen molar-refractivity contribution in [2.24, 2.45) is 0 Å². The molecule has 0 aliphatic carbocycles. The molecule has 0 heterocycles. The molecule has 1 N–H and O–H groups in total. The van der Waals surface area contributed by atoms with Gasteiger partial charge in [-0.15, -0.1) is 0 Å². The maximum atomic E-state index is 10.5. The lowest BCUT2D eigenvalue weighted by atomic mass is 10.7. The van der Waals surface area contributed by atoms with Crippen LogP contribution in [0.1, 0.15) is 0 Å². The van der Waals surface area contributed by atoms with Gasteiger partial charge < -0.3 is 5.11 Å². The van der Waals surface area contributed by atoms with Crippen molar-refractivity contribution in [1.82, 2.24) is 0 Å². The molecule has 0 amide bonds. The van der Waals surface area contributed by atoms with E-state index in [-0.39, 0.29) is 0 Å². The van der Waals surface area contributed by atoms with Crippen molar-refractivity contribution < 1.29 is 22.5 Å². The Labute approximate surface area is 59.5 Å². The molecule has 0 saturated heterocycles. The average molecular weight is 178 g/mol. The molecular formula is C4H9F3O2S. The van der Waals surface area contributed by atoms with Gasteiger partial charge in [-0.3, -0.25) is 4.21 Å². The predicted molar refractivity (Wildman–Crippen MR) is 33.1 cm³/mol. The number of halogens is 3. The SMILES string of the molecule is CS(C)=O.OCC(F)(F)F. The largest absolute Gasteiger partial charge is 0.411 e. The summed E-state index contributed by atoms with van der Waals surface area (Å²) < 4.78 is 41.2. The van der Waals surface area contributed by atoms with Gasteiger partial charge >= 0.3 is 6.18 Å². The van der Waals surface area contributed by atoms with Crippen LogP contribution < -0.4 is 0 Å². The van der Waals surface area contributed by atoms with Gasteiger partial charge in [0.1, 0.15) is 6.61 Å². The van der Waals surface area contributed by atoms with Crippen molar-refractivity contribution in [1.29, 1.82) is 0 Å². The second-order valence-corrected chi connectivity index (χ2v) is 3.00. The minimum atomic E-state index is -4.40. The molecule has 0 aliphatic rings. The third-order valence-corrected chi connectivity index (χ3v) is 0.179. The average Bonchev–Trinajstić information content (AvgIpc) is 1.63. The Bertz CT molecular complexity index is 97.2. The van der Waals surface area contributed by atoms with E-state index in [1.54, 1.807) is 12.5 Å². The number of alkyl halides is 3. The van der Waals surface area contributed by atoms with Crippen LogP contribution in [0.4, 0.5) is 13.2 Å². The zero-order chi connectivity index (χ0) is 8.78. The van der Waals surface area contributed by atoms with E-state index in [1.165, 1.54) is 0 Å². The van der Waals surface area contributed by atoms with Crippen molar-refractivity contribution in [3.05, 3.63) is 0 Å². The quantitative estimate of drug-likeness (QED) is 0.587. The first-order chi connectivity index (χ1) is 4.29. The molecule has 0 aliphatic heterocycles. The third kappa shape index (κ3) is 44.7. The summed E-state index contributed by atoms with van der Waals surface area (Å²) in [6.45, 7) is -1.73. The first-order valence-electron chi connectivity index (χ1n) is 2.22. The second-order valence-electron chi connectivity index (χ2n) is 1.51. The lowest BCUT2D eigenvalue weighted by Crippen LogP contribution is -2.12. The van der Waals surface area contributed by atoms with E-state index in [9.17, 15) is 17.4 Å². The highest BCUT2D eigenvalue weighted by Gasteiger charge is 2.24. The van der Waals surface area contributed by atoms with Gasteiger partial charge in [-0.05, 0) is 0 Å². The lowest BCUT2D eigenvalue weighted by molar-refractivity contribution is -0.159. The highest BCUT2D eigenvalue weighted by atomic mass is 32.2. The van der Waals surface area contributed by atoms with E-state index in [1.807, 2.05) is 0 Å². The molecule has 0 spiro atoms. The molecule has 64 valence electrons. The highest BCUT2D eigenvalue weighted by molar-refractivity contribution is 7.83. The van der Waals surface area contributed by atoms with Gasteiger partial charge in [0.25, 0.3) is 0 Å². The Hall–Kier alpha value is -0.100. The van der Waals surface area contributed by atoms with Gasteiger partial charge in [0.15, 0.2) is 0 Å². The fourth-order valence-electron chi connectivity index (χ4n) is 0. The Morgan fingerprint density at radius 1 is 1.40 bits per heavy atom. The van der Waals surface area contributed by atoms with Crippen molar-refractivity contribution in [2.75, 3.05) is 19.1 Å². The smallest absolute Gasteiger partial charge is 0.387 e. The van der Waals surface area contributed by atoms with E-state index in [2.05, 4.69) is 0 Å². The Balaban J connectivity index is 0. The van der Waals surface area contributed by atoms with Gasteiger partial charge in [-0.2, -0.15) is 13.2 Å². The zero-order valence-corrected chi connectivity index (χ0v) is 6.42. The first-order valence-corrected chi connectivity index (χ1v) is 4.19. The standard InChI is InChI=1S/C2H3F3O.C2H6OS/c3-2(4,5)1-6;1-4(2)3/h6H,1H2;1-2H3. The fraction of sp³-hybridized carbons (Fsp3) is 1.00. The van der Waals surface area contributed by atoms with Crippen molar-refractivity contribution in [3.8, 4) is 0 Å². The van der Waals surface area contributed by atoms with Crippen molar-refractivity contribution in [3.63, 3.8) is 0 Å². The van der Waals surface area contributed by atoms with Gasteiger partial charge in [0.05, 0.1) is 0 Å². The monoisotopic (exact) mass is 178 g/mol. The first kappa shape index (κ1) is 12.6. The van der Waals surface area contributed by atoms with E-state index in [4.69, 9.17) is 5.11 Å². The normalized spacial score (nSPS) is 10.7. The van der Waals surface area contributed by atoms with Crippen LogP contribution in [0.15, 0.2) is 0 Å². The predicted octanol–water partition coefficient (Wildman–Crippen LogP) is 0.536. The second kappa shape index (κ2) is 5.67. The lowest BCUT2D eigenvalue weighted by Gasteiger charge is -1.95. The maximum Gasteiger partial charge on any atom is 0.411 e. The van der Waals surface area contributed by atoms with Gasteiger partial charge in [0.2, 0.25) is 0 Å². The summed E-state index contributed by atoms with van der Waals surface area (Å²) in [5, 5.41) is 7.28. The third-order valence-electron chi connectivity index (χ3n) is 0.179. The van der Waals surface area contributed by atoms with Crippen LogP contribution in [0.25, 0.3) is 0 Å². The van der Waals surface area contributed by atoms with E-state index >= 15 is 0 Å². The molecule has 6 heteroatoms. The summed E-state index contributed by atoms with van der Waals surface area (Å²) in [6.07, 6.45) is -1.12. The molecule has 2 nitrogen and oxygen atoms in total. The van der Waals surface area contributed by atoms with Gasteiger partial charge in [-0.25, -0.2) is 0 Å². The summed E-state index contributed by atoms with van der Waals surface area (Å²) in [7, 11) is -0.611. The van der Waals surface area contributed by atoms with Crippen LogP contribution >= 0.6 is 0 Å². The molecule has 0 fully saturated rings. The number of rotatable bonds is 0. The molecule has 0 aromatic rings. The van der Waals surface area contributed by atoms with Crippen LogP contribution in [-0.2, 0) is 10.8 Å². The van der Waals surface area contributed by atoms with Crippen molar-refractivity contribution in [2.45, 2.75) is 6.18 Å². The van der Waals surface area contributed by atoms with Gasteiger partial charge in [0, 0.05) is 23.3 Å². The molecular weight excluding hydrogens is 169 g/mol. The maximum absolute atomic E-state index is 10.5. The molecule has 0 bridgehead atoms. The summed E-state index contributed by atoms with van der Waals surface area (Å²) in [5.41, 5.74) is 0. The molecule has 0 saturated carbocycles. The molecule has 0 unspecified atom stereocenters. The van der Waals surface area contributed by atoms with Crippen LogP contribution in [0.5, 0.6) is 0 Å². The van der Waals surface area contributed by atoms with E-state index < -0.39 is 23.6 Å². The molecule has 0 rings (SSSR count). The van der Waals surface area contributed by atoms with Crippen LogP contribution in [-0.4, -0.2) is 34.6 Å². The number of hydrogen-bond donors (Lipinski definition) is 1. The number of aliphatic hydroxyl groups is 1. The highest BCUT2D eigenvalue weighted by Crippen LogP contribution is 2.11. The molecule has 0 atom stereocenters. The van der Waals surface area contributed by atoms with Crippen LogP contribution in [0, 0.1) is 0 Å². The van der Waals surface area contributed by atoms with Gasteiger partial charge in [-0.1, -0.05) is 0 Å².